The summed E-state index contributed by atoms with van der Waals surface area (Å²) in [7, 11) is 1.63. The second kappa shape index (κ2) is 10.0. The van der Waals surface area contributed by atoms with E-state index < -0.39 is 5.97 Å². The maximum atomic E-state index is 11.5. The number of benzene rings is 2. The first-order chi connectivity index (χ1) is 17.4. The highest BCUT2D eigenvalue weighted by Crippen LogP contribution is 2.42. The molecule has 0 amide bonds. The third kappa shape index (κ3) is 4.65. The van der Waals surface area contributed by atoms with Gasteiger partial charge in [0.15, 0.2) is 5.11 Å². The zero-order chi connectivity index (χ0) is 25.2. The third-order valence-corrected chi connectivity index (χ3v) is 6.79. The monoisotopic (exact) mass is 519 g/mol. The van der Waals surface area contributed by atoms with Crippen molar-refractivity contribution in [2.24, 2.45) is 0 Å². The maximum Gasteiger partial charge on any atom is 0.335 e. The quantitative estimate of drug-likeness (QED) is 0.293. The highest BCUT2D eigenvalue weighted by Gasteiger charge is 2.41. The number of aromatic nitrogens is 1. The Bertz CT molecular complexity index is 1410. The van der Waals surface area contributed by atoms with Crippen LogP contribution in [0.1, 0.15) is 39.5 Å². The van der Waals surface area contributed by atoms with Crippen LogP contribution in [0.5, 0.6) is 5.75 Å². The van der Waals surface area contributed by atoms with E-state index in [1.165, 1.54) is 12.1 Å². The van der Waals surface area contributed by atoms with E-state index in [9.17, 15) is 9.90 Å². The molecule has 9 heteroatoms. The van der Waals surface area contributed by atoms with Crippen LogP contribution in [-0.2, 0) is 6.54 Å². The molecule has 2 aromatic heterocycles. The molecule has 1 fully saturated rings. The molecule has 2 aromatic carbocycles. The molecule has 0 spiro atoms. The maximum absolute atomic E-state index is 11.5. The molecule has 1 aliphatic rings. The molecule has 0 aliphatic carbocycles. The van der Waals surface area contributed by atoms with E-state index in [-0.39, 0.29) is 17.6 Å². The molecule has 0 saturated carbocycles. The van der Waals surface area contributed by atoms with Crippen LogP contribution in [0.2, 0.25) is 5.02 Å². The van der Waals surface area contributed by atoms with Gasteiger partial charge in [-0.2, -0.15) is 0 Å². The van der Waals surface area contributed by atoms with Crippen molar-refractivity contribution in [3.63, 3.8) is 0 Å². The van der Waals surface area contributed by atoms with E-state index in [0.29, 0.717) is 33.8 Å². The number of carboxylic acids is 1. The van der Waals surface area contributed by atoms with Gasteiger partial charge in [0, 0.05) is 18.3 Å². The highest BCUT2D eigenvalue weighted by molar-refractivity contribution is 7.80. The fourth-order valence-electron chi connectivity index (χ4n) is 4.32. The molecule has 0 bridgehead atoms. The summed E-state index contributed by atoms with van der Waals surface area (Å²) in [6, 6.07) is 21.2. The molecule has 7 nitrogen and oxygen atoms in total. The molecular weight excluding hydrogens is 498 g/mol. The van der Waals surface area contributed by atoms with Gasteiger partial charge in [0.25, 0.3) is 0 Å². The lowest BCUT2D eigenvalue weighted by Crippen LogP contribution is -2.29. The minimum Gasteiger partial charge on any atom is -0.497 e. The van der Waals surface area contributed by atoms with Crippen molar-refractivity contribution in [1.82, 2.24) is 15.2 Å². The molecule has 2 N–H and O–H groups in total. The first-order valence-electron chi connectivity index (χ1n) is 11.2. The molecular formula is C27H22ClN3O4S. The number of hydrogen-bond donors (Lipinski definition) is 2. The van der Waals surface area contributed by atoms with Gasteiger partial charge in [-0.05, 0) is 72.4 Å². The third-order valence-electron chi connectivity index (χ3n) is 6.11. The first kappa shape index (κ1) is 23.8. The summed E-state index contributed by atoms with van der Waals surface area (Å²) in [5, 5.41) is 13.8. The summed E-state index contributed by atoms with van der Waals surface area (Å²) in [5.41, 5.74) is 2.51. The Morgan fingerprint density at radius 2 is 1.97 bits per heavy atom. The smallest absolute Gasteiger partial charge is 0.335 e. The second-order valence-corrected chi connectivity index (χ2v) is 9.10. The Balaban J connectivity index is 1.54. The first-order valence-corrected chi connectivity index (χ1v) is 12.0. The van der Waals surface area contributed by atoms with Gasteiger partial charge < -0.3 is 24.5 Å². The number of pyridine rings is 1. The number of carbonyl (C=O) groups is 1. The lowest BCUT2D eigenvalue weighted by molar-refractivity contribution is 0.0697. The molecule has 1 saturated heterocycles. The molecule has 36 heavy (non-hydrogen) atoms. The summed E-state index contributed by atoms with van der Waals surface area (Å²) in [6.45, 7) is 0.537. The van der Waals surface area contributed by atoms with Gasteiger partial charge in [0.1, 0.15) is 23.3 Å². The number of hydrogen-bond acceptors (Lipinski definition) is 5. The zero-order valence-corrected chi connectivity index (χ0v) is 20.8. The number of halogens is 1. The zero-order valence-electron chi connectivity index (χ0n) is 19.2. The Kier molecular flexibility index (Phi) is 6.63. The van der Waals surface area contributed by atoms with E-state index in [4.69, 9.17) is 33.0 Å². The fourth-order valence-corrected chi connectivity index (χ4v) is 4.83. The standard InChI is InChI=1S/C27H22ClN3O4S/c1-34-18-8-5-16(6-9-18)15-31-25(24(30-27(31)36)21-4-2-3-13-29-21)23-12-11-22(35-23)19-14-17(26(32)33)7-10-20(19)28/h2-14,24-25H,15H2,1H3,(H,30,36)(H,32,33)/t24-,25+/m1/s1. The van der Waals surface area contributed by atoms with E-state index >= 15 is 0 Å². The van der Waals surface area contributed by atoms with Gasteiger partial charge in [-0.25, -0.2) is 4.79 Å². The van der Waals surface area contributed by atoms with Gasteiger partial charge in [-0.3, -0.25) is 4.98 Å². The number of carboxylic acid groups (broad SMARTS) is 1. The van der Waals surface area contributed by atoms with Gasteiger partial charge in [0.2, 0.25) is 0 Å². The van der Waals surface area contributed by atoms with Crippen LogP contribution < -0.4 is 10.1 Å². The van der Waals surface area contributed by atoms with Crippen LogP contribution in [0.15, 0.2) is 83.4 Å². The number of rotatable bonds is 7. The Labute approximate surface area is 218 Å². The molecule has 0 radical (unpaired) electrons. The number of nitrogens with one attached hydrogen (secondary N) is 1. The molecule has 4 aromatic rings. The van der Waals surface area contributed by atoms with Crippen LogP contribution in [0, 0.1) is 0 Å². The van der Waals surface area contributed by atoms with E-state index in [0.717, 1.165) is 17.0 Å². The van der Waals surface area contributed by atoms with Crippen LogP contribution in [-0.4, -0.2) is 33.2 Å². The van der Waals surface area contributed by atoms with Crippen LogP contribution in [0.25, 0.3) is 11.3 Å². The van der Waals surface area contributed by atoms with Gasteiger partial charge in [-0.1, -0.05) is 29.8 Å². The predicted octanol–water partition coefficient (Wildman–Crippen LogP) is 5.87. The predicted molar refractivity (Wildman–Crippen MR) is 140 cm³/mol. The number of ether oxygens (including phenoxy) is 1. The SMILES string of the molecule is COc1ccc(CN2C(=S)N[C@H](c3ccccn3)[C@@H]2c2ccc(-c3cc(C(=O)O)ccc3Cl)o2)cc1. The van der Waals surface area contributed by atoms with Gasteiger partial charge in [0.05, 0.1) is 29.4 Å². The normalized spacial score (nSPS) is 17.2. The molecule has 1 aliphatic heterocycles. The average molecular weight is 520 g/mol. The van der Waals surface area contributed by atoms with Crippen LogP contribution in [0.4, 0.5) is 0 Å². The van der Waals surface area contributed by atoms with E-state index in [1.54, 1.807) is 25.4 Å². The molecule has 0 unspecified atom stereocenters. The summed E-state index contributed by atoms with van der Waals surface area (Å²) in [6.07, 6.45) is 1.74. The van der Waals surface area contributed by atoms with Crippen molar-refractivity contribution in [3.8, 4) is 17.1 Å². The topological polar surface area (TPSA) is 87.8 Å². The van der Waals surface area contributed by atoms with Gasteiger partial charge >= 0.3 is 5.97 Å². The van der Waals surface area contributed by atoms with E-state index in [2.05, 4.69) is 15.2 Å². The van der Waals surface area contributed by atoms with Crippen molar-refractivity contribution < 1.29 is 19.1 Å². The number of methoxy groups -OCH3 is 1. The molecule has 2 atom stereocenters. The number of thiocarbonyl (C=S) groups is 1. The van der Waals surface area contributed by atoms with E-state index in [1.807, 2.05) is 48.5 Å². The average Bonchev–Trinajstić information content (AvgIpc) is 3.50. The minimum atomic E-state index is -1.04. The fraction of sp³-hybridized carbons (Fsp3) is 0.148. The number of nitrogens with zero attached hydrogens (tertiary/aromatic N) is 2. The van der Waals surface area contributed by atoms with Crippen molar-refractivity contribution >= 4 is 34.9 Å². The lowest BCUT2D eigenvalue weighted by atomic mass is 10.0. The largest absolute Gasteiger partial charge is 0.497 e. The number of aromatic carboxylic acids is 1. The Morgan fingerprint density at radius 3 is 2.67 bits per heavy atom. The highest BCUT2D eigenvalue weighted by atomic mass is 35.5. The Morgan fingerprint density at radius 1 is 1.17 bits per heavy atom. The minimum absolute atomic E-state index is 0.128. The Hall–Kier alpha value is -3.88. The summed E-state index contributed by atoms with van der Waals surface area (Å²) < 4.78 is 11.6. The van der Waals surface area contributed by atoms with Crippen molar-refractivity contribution in [2.75, 3.05) is 7.11 Å². The van der Waals surface area contributed by atoms with Crippen LogP contribution in [0.3, 0.4) is 0 Å². The summed E-state index contributed by atoms with van der Waals surface area (Å²) >= 11 is 12.1. The molecule has 3 heterocycles. The molecule has 182 valence electrons. The second-order valence-electron chi connectivity index (χ2n) is 8.30. The lowest BCUT2D eigenvalue weighted by Gasteiger charge is -2.26. The van der Waals surface area contributed by atoms with Crippen molar-refractivity contribution in [1.29, 1.82) is 0 Å². The van der Waals surface area contributed by atoms with Crippen LogP contribution >= 0.6 is 23.8 Å². The number of furan rings is 1. The summed E-state index contributed by atoms with van der Waals surface area (Å²) in [4.78, 5) is 18.1. The van der Waals surface area contributed by atoms with Gasteiger partial charge in [-0.15, -0.1) is 0 Å². The van der Waals surface area contributed by atoms with Crippen molar-refractivity contribution in [3.05, 3.63) is 107 Å². The molecule has 5 rings (SSSR count). The summed E-state index contributed by atoms with van der Waals surface area (Å²) in [5.74, 6) is 0.865. The van der Waals surface area contributed by atoms with Crippen molar-refractivity contribution in [2.45, 2.75) is 18.6 Å².